The van der Waals surface area contributed by atoms with E-state index in [1.54, 1.807) is 0 Å². The van der Waals surface area contributed by atoms with Crippen molar-refractivity contribution in [2.45, 2.75) is 39.0 Å². The fraction of sp³-hybridized carbons (Fsp3) is 0.947. The van der Waals surface area contributed by atoms with E-state index < -0.39 is 0 Å². The van der Waals surface area contributed by atoms with Crippen molar-refractivity contribution in [3.63, 3.8) is 0 Å². The minimum atomic E-state index is -0.144. The summed E-state index contributed by atoms with van der Waals surface area (Å²) in [5.41, 5.74) is 0. The third-order valence-corrected chi connectivity index (χ3v) is 3.59. The fourth-order valence-corrected chi connectivity index (χ4v) is 2.13. The molecule has 0 aliphatic carbocycles. The maximum Gasteiger partial charge on any atom is 0.305 e. The summed E-state index contributed by atoms with van der Waals surface area (Å²) in [6, 6.07) is 0. The van der Waals surface area contributed by atoms with Crippen LogP contribution in [0.4, 0.5) is 0 Å². The van der Waals surface area contributed by atoms with E-state index in [1.807, 2.05) is 0 Å². The lowest BCUT2D eigenvalue weighted by Gasteiger charge is -2.08. The predicted molar refractivity (Wildman–Crippen MR) is 105 cm³/mol. The van der Waals surface area contributed by atoms with Crippen molar-refractivity contribution >= 4 is 17.6 Å². The molecule has 0 heterocycles. The summed E-state index contributed by atoms with van der Waals surface area (Å²) < 4.78 is 31.7. The van der Waals surface area contributed by atoms with E-state index in [-0.39, 0.29) is 5.97 Å². The lowest BCUT2D eigenvalue weighted by molar-refractivity contribution is -0.145. The first kappa shape index (κ1) is 26.6. The number of halogens is 1. The molecule has 0 aromatic heterocycles. The zero-order chi connectivity index (χ0) is 19.8. The van der Waals surface area contributed by atoms with Gasteiger partial charge in [-0.3, -0.25) is 4.79 Å². The van der Waals surface area contributed by atoms with E-state index in [0.29, 0.717) is 85.0 Å². The maximum absolute atomic E-state index is 11.4. The topological polar surface area (TPSA) is 72.5 Å². The van der Waals surface area contributed by atoms with Crippen LogP contribution in [0.5, 0.6) is 0 Å². The van der Waals surface area contributed by atoms with Crippen LogP contribution in [0.15, 0.2) is 0 Å². The van der Waals surface area contributed by atoms with E-state index in [1.165, 1.54) is 6.42 Å². The lowest BCUT2D eigenvalue weighted by atomic mass is 10.2. The molecule has 0 unspecified atom stereocenters. The average molecular weight is 413 g/mol. The largest absolute Gasteiger partial charge is 0.463 e. The van der Waals surface area contributed by atoms with Crippen molar-refractivity contribution in [3.05, 3.63) is 0 Å². The van der Waals surface area contributed by atoms with E-state index in [2.05, 4.69) is 6.92 Å². The Bertz CT molecular complexity index is 306. The summed E-state index contributed by atoms with van der Waals surface area (Å²) in [5, 5.41) is 0. The minimum Gasteiger partial charge on any atom is -0.463 e. The molecular weight excluding hydrogens is 376 g/mol. The van der Waals surface area contributed by atoms with Crippen molar-refractivity contribution in [3.8, 4) is 0 Å². The molecular formula is C19H37ClO7. The maximum atomic E-state index is 11.4. The first-order valence-electron chi connectivity index (χ1n) is 9.91. The number of unbranched alkanes of at least 4 members (excludes halogenated alkanes) is 3. The van der Waals surface area contributed by atoms with Gasteiger partial charge in [-0.1, -0.05) is 26.2 Å². The molecule has 0 radical (unpaired) electrons. The van der Waals surface area contributed by atoms with Crippen LogP contribution in [-0.2, 0) is 33.2 Å². The second-order valence-corrected chi connectivity index (χ2v) is 6.16. The minimum absolute atomic E-state index is 0.144. The van der Waals surface area contributed by atoms with E-state index in [0.717, 1.165) is 19.3 Å². The highest BCUT2D eigenvalue weighted by Gasteiger charge is 2.02. The molecule has 0 rings (SSSR count). The van der Waals surface area contributed by atoms with Gasteiger partial charge in [0.15, 0.2) is 0 Å². The van der Waals surface area contributed by atoms with E-state index >= 15 is 0 Å². The zero-order valence-electron chi connectivity index (χ0n) is 16.8. The van der Waals surface area contributed by atoms with Crippen LogP contribution in [0.1, 0.15) is 39.0 Å². The summed E-state index contributed by atoms with van der Waals surface area (Å²) in [6.45, 7) is 7.52. The van der Waals surface area contributed by atoms with Gasteiger partial charge in [0.1, 0.15) is 6.61 Å². The summed E-state index contributed by atoms with van der Waals surface area (Å²) in [4.78, 5) is 11.4. The van der Waals surface area contributed by atoms with E-state index in [9.17, 15) is 4.79 Å². The van der Waals surface area contributed by atoms with Gasteiger partial charge in [0.2, 0.25) is 0 Å². The molecule has 27 heavy (non-hydrogen) atoms. The number of hydrogen-bond donors (Lipinski definition) is 0. The highest BCUT2D eigenvalue weighted by atomic mass is 35.5. The standard InChI is InChI=1S/C19H37ClO7/c1-2-3-4-5-6-19(21)27-18-17-26-16-15-25-14-13-24-12-11-23-10-9-22-8-7-20/h2-18H2,1H3. The van der Waals surface area contributed by atoms with Crippen molar-refractivity contribution in [1.29, 1.82) is 0 Å². The van der Waals surface area contributed by atoms with Gasteiger partial charge in [0.05, 0.1) is 66.1 Å². The number of esters is 1. The Morgan fingerprint density at radius 3 is 1.52 bits per heavy atom. The molecule has 0 bridgehead atoms. The first-order valence-corrected chi connectivity index (χ1v) is 10.4. The van der Waals surface area contributed by atoms with Crippen LogP contribution < -0.4 is 0 Å². The van der Waals surface area contributed by atoms with Crippen LogP contribution in [0.25, 0.3) is 0 Å². The average Bonchev–Trinajstić information content (AvgIpc) is 2.67. The van der Waals surface area contributed by atoms with Crippen LogP contribution in [0.3, 0.4) is 0 Å². The second kappa shape index (κ2) is 23.6. The molecule has 162 valence electrons. The van der Waals surface area contributed by atoms with Crippen LogP contribution in [0, 0.1) is 0 Å². The van der Waals surface area contributed by atoms with Gasteiger partial charge in [-0.05, 0) is 6.42 Å². The van der Waals surface area contributed by atoms with Crippen molar-refractivity contribution in [2.24, 2.45) is 0 Å². The molecule has 0 aliphatic rings. The van der Waals surface area contributed by atoms with Gasteiger partial charge >= 0.3 is 5.97 Å². The Morgan fingerprint density at radius 1 is 0.630 bits per heavy atom. The van der Waals surface area contributed by atoms with Gasteiger partial charge in [-0.15, -0.1) is 11.6 Å². The van der Waals surface area contributed by atoms with Gasteiger partial charge in [0, 0.05) is 12.3 Å². The highest BCUT2D eigenvalue weighted by Crippen LogP contribution is 2.03. The Morgan fingerprint density at radius 2 is 1.07 bits per heavy atom. The van der Waals surface area contributed by atoms with Gasteiger partial charge < -0.3 is 28.4 Å². The van der Waals surface area contributed by atoms with Gasteiger partial charge in [0.25, 0.3) is 0 Å². The number of alkyl halides is 1. The Balaban J connectivity index is 3.07. The van der Waals surface area contributed by atoms with E-state index in [4.69, 9.17) is 40.0 Å². The molecule has 0 aromatic rings. The molecule has 0 spiro atoms. The molecule has 0 amide bonds. The number of ether oxygens (including phenoxy) is 6. The molecule has 0 saturated heterocycles. The lowest BCUT2D eigenvalue weighted by Crippen LogP contribution is -2.15. The molecule has 0 fully saturated rings. The quantitative estimate of drug-likeness (QED) is 0.154. The molecule has 0 N–H and O–H groups in total. The van der Waals surface area contributed by atoms with Gasteiger partial charge in [-0.2, -0.15) is 0 Å². The third kappa shape index (κ3) is 23.5. The first-order chi connectivity index (χ1) is 13.3. The number of carbonyl (C=O) groups is 1. The molecule has 0 aliphatic heterocycles. The normalized spacial score (nSPS) is 11.0. The Kier molecular flexibility index (Phi) is 23.2. The monoisotopic (exact) mass is 412 g/mol. The summed E-state index contributed by atoms with van der Waals surface area (Å²) in [6.07, 6.45) is 4.81. The molecule has 0 saturated carbocycles. The Hall–Kier alpha value is -0.440. The number of hydrogen-bond acceptors (Lipinski definition) is 7. The Labute approximate surface area is 168 Å². The SMILES string of the molecule is CCCCCCC(=O)OCCOCCOCCOCCOCCOCCCl. The summed E-state index contributed by atoms with van der Waals surface area (Å²) in [7, 11) is 0. The second-order valence-electron chi connectivity index (χ2n) is 5.78. The molecule has 0 atom stereocenters. The molecule has 0 aromatic carbocycles. The highest BCUT2D eigenvalue weighted by molar-refractivity contribution is 6.17. The van der Waals surface area contributed by atoms with Crippen molar-refractivity contribution in [2.75, 3.05) is 78.6 Å². The molecule has 8 heteroatoms. The van der Waals surface area contributed by atoms with Crippen LogP contribution in [0.2, 0.25) is 0 Å². The van der Waals surface area contributed by atoms with Crippen LogP contribution >= 0.6 is 11.6 Å². The number of rotatable bonds is 22. The summed E-state index contributed by atoms with van der Waals surface area (Å²) >= 11 is 5.48. The van der Waals surface area contributed by atoms with Crippen LogP contribution in [-0.4, -0.2) is 84.5 Å². The fourth-order valence-electron chi connectivity index (χ4n) is 2.02. The summed E-state index contributed by atoms with van der Waals surface area (Å²) in [5.74, 6) is 0.357. The predicted octanol–water partition coefficient (Wildman–Crippen LogP) is 2.82. The molecule has 7 nitrogen and oxygen atoms in total. The van der Waals surface area contributed by atoms with Crippen molar-refractivity contribution in [1.82, 2.24) is 0 Å². The van der Waals surface area contributed by atoms with Gasteiger partial charge in [-0.25, -0.2) is 0 Å². The van der Waals surface area contributed by atoms with Crippen molar-refractivity contribution < 1.29 is 33.2 Å². The zero-order valence-corrected chi connectivity index (χ0v) is 17.5. The number of carbonyl (C=O) groups excluding carboxylic acids is 1. The third-order valence-electron chi connectivity index (χ3n) is 3.43. The smallest absolute Gasteiger partial charge is 0.305 e.